The molecule has 0 radical (unpaired) electrons. The van der Waals surface area contributed by atoms with Crippen molar-refractivity contribution in [1.82, 2.24) is 9.29 Å². The van der Waals surface area contributed by atoms with Gasteiger partial charge < -0.3 is 4.90 Å². The molecule has 2 heterocycles. The van der Waals surface area contributed by atoms with Crippen LogP contribution in [0.25, 0.3) is 0 Å². The Hall–Kier alpha value is -1.42. The Morgan fingerprint density at radius 2 is 1.74 bits per heavy atom. The van der Waals surface area contributed by atoms with Crippen LogP contribution in [0.15, 0.2) is 46.7 Å². The summed E-state index contributed by atoms with van der Waals surface area (Å²) in [5.41, 5.74) is 1.61. The van der Waals surface area contributed by atoms with Crippen molar-refractivity contribution in [2.24, 2.45) is 0 Å². The molecular weight excluding hydrogens is 504 g/mol. The maximum atomic E-state index is 13.7. The summed E-state index contributed by atoms with van der Waals surface area (Å²) < 4.78 is 41.0. The van der Waals surface area contributed by atoms with E-state index in [0.717, 1.165) is 16.4 Å². The van der Waals surface area contributed by atoms with Gasteiger partial charge in [-0.15, -0.1) is 11.3 Å². The van der Waals surface area contributed by atoms with E-state index in [2.05, 4.69) is 4.98 Å². The first-order chi connectivity index (χ1) is 14.7. The van der Waals surface area contributed by atoms with E-state index >= 15 is 0 Å². The van der Waals surface area contributed by atoms with Crippen LogP contribution in [0.4, 0.5) is 9.52 Å². The van der Waals surface area contributed by atoms with Gasteiger partial charge in [0.2, 0.25) is 10.0 Å². The number of aromatic nitrogens is 1. The highest BCUT2D eigenvalue weighted by atomic mass is 35.5. The van der Waals surface area contributed by atoms with Crippen LogP contribution in [0.5, 0.6) is 0 Å². The molecule has 1 fully saturated rings. The summed E-state index contributed by atoms with van der Waals surface area (Å²) in [6, 6.07) is 9.09. The zero-order valence-corrected chi connectivity index (χ0v) is 20.0. The van der Waals surface area contributed by atoms with Gasteiger partial charge in [-0.1, -0.05) is 40.9 Å². The first-order valence-electron chi connectivity index (χ1n) is 9.32. The summed E-state index contributed by atoms with van der Waals surface area (Å²) in [6.45, 7) is 1.65. The molecule has 0 bridgehead atoms. The second-order valence-electron chi connectivity index (χ2n) is 7.01. The number of piperazine rings is 1. The molecule has 31 heavy (non-hydrogen) atoms. The molecular formula is C20H17Cl3FN3O2S2. The number of hydrogen-bond donors (Lipinski definition) is 0. The van der Waals surface area contributed by atoms with Crippen LogP contribution >= 0.6 is 46.1 Å². The summed E-state index contributed by atoms with van der Waals surface area (Å²) in [5.74, 6) is -0.451. The van der Waals surface area contributed by atoms with Gasteiger partial charge in [-0.05, 0) is 35.9 Å². The van der Waals surface area contributed by atoms with Crippen molar-refractivity contribution in [3.05, 3.63) is 73.9 Å². The summed E-state index contributed by atoms with van der Waals surface area (Å²) in [7, 11) is -3.71. The molecule has 3 aromatic rings. The Bertz CT molecular complexity index is 1210. The lowest BCUT2D eigenvalue weighted by Crippen LogP contribution is -2.48. The van der Waals surface area contributed by atoms with Crippen LogP contribution in [-0.4, -0.2) is 43.9 Å². The summed E-state index contributed by atoms with van der Waals surface area (Å²) in [4.78, 5) is 6.74. The van der Waals surface area contributed by atoms with Gasteiger partial charge in [-0.2, -0.15) is 4.31 Å². The highest BCUT2D eigenvalue weighted by Crippen LogP contribution is 2.29. The predicted octanol–water partition coefficient (Wildman–Crippen LogP) is 5.34. The van der Waals surface area contributed by atoms with Crippen LogP contribution in [0.3, 0.4) is 0 Å². The lowest BCUT2D eigenvalue weighted by Gasteiger charge is -2.33. The van der Waals surface area contributed by atoms with Crippen LogP contribution in [0.2, 0.25) is 15.1 Å². The second kappa shape index (κ2) is 9.21. The van der Waals surface area contributed by atoms with E-state index in [1.165, 1.54) is 46.0 Å². The largest absolute Gasteiger partial charge is 0.345 e. The molecule has 0 amide bonds. The molecule has 5 nitrogen and oxygen atoms in total. The van der Waals surface area contributed by atoms with Gasteiger partial charge in [0.1, 0.15) is 10.7 Å². The van der Waals surface area contributed by atoms with E-state index in [4.69, 9.17) is 34.8 Å². The van der Waals surface area contributed by atoms with Crippen molar-refractivity contribution in [1.29, 1.82) is 0 Å². The first-order valence-corrected chi connectivity index (χ1v) is 12.8. The lowest BCUT2D eigenvalue weighted by molar-refractivity contribution is 0.384. The second-order valence-corrected chi connectivity index (χ2v) is 11.0. The first kappa shape index (κ1) is 22.8. The number of rotatable bonds is 5. The van der Waals surface area contributed by atoms with Crippen LogP contribution < -0.4 is 4.90 Å². The third-order valence-corrected chi connectivity index (χ3v) is 8.80. The number of sulfonamides is 1. The van der Waals surface area contributed by atoms with E-state index in [9.17, 15) is 12.8 Å². The molecule has 11 heteroatoms. The van der Waals surface area contributed by atoms with Gasteiger partial charge >= 0.3 is 0 Å². The molecule has 1 aliphatic rings. The molecule has 2 aromatic carbocycles. The van der Waals surface area contributed by atoms with Crippen molar-refractivity contribution in [2.45, 2.75) is 11.3 Å². The van der Waals surface area contributed by atoms with Gasteiger partial charge in [0.05, 0.1) is 15.7 Å². The summed E-state index contributed by atoms with van der Waals surface area (Å²) in [6.07, 6.45) is 0.494. The third kappa shape index (κ3) is 4.99. The van der Waals surface area contributed by atoms with Crippen molar-refractivity contribution in [3.63, 3.8) is 0 Å². The molecule has 0 aliphatic carbocycles. The molecule has 1 saturated heterocycles. The van der Waals surface area contributed by atoms with Gasteiger partial charge in [0, 0.05) is 43.0 Å². The normalized spacial score (nSPS) is 15.4. The summed E-state index contributed by atoms with van der Waals surface area (Å²) in [5, 5.41) is 3.33. The Balaban J connectivity index is 1.41. The van der Waals surface area contributed by atoms with Crippen molar-refractivity contribution >= 4 is 61.3 Å². The SMILES string of the molecule is O=S(=O)(c1ccc(Cl)cc1Cl)N1CCN(c2nc(Cc3ccc(Cl)c(F)c3)cs2)CC1. The van der Waals surface area contributed by atoms with Crippen LogP contribution in [-0.2, 0) is 16.4 Å². The zero-order chi connectivity index (χ0) is 22.2. The Morgan fingerprint density at radius 3 is 2.42 bits per heavy atom. The average molecular weight is 521 g/mol. The van der Waals surface area contributed by atoms with Crippen LogP contribution in [0.1, 0.15) is 11.3 Å². The van der Waals surface area contributed by atoms with E-state index in [0.29, 0.717) is 37.6 Å². The number of anilines is 1. The van der Waals surface area contributed by atoms with Crippen molar-refractivity contribution in [3.8, 4) is 0 Å². The molecule has 0 atom stereocenters. The maximum absolute atomic E-state index is 13.7. The highest BCUT2D eigenvalue weighted by Gasteiger charge is 2.31. The minimum absolute atomic E-state index is 0.0544. The monoisotopic (exact) mass is 519 g/mol. The Morgan fingerprint density at radius 1 is 1.00 bits per heavy atom. The number of benzene rings is 2. The van der Waals surface area contributed by atoms with Crippen molar-refractivity contribution in [2.75, 3.05) is 31.1 Å². The smallest absolute Gasteiger partial charge is 0.244 e. The van der Waals surface area contributed by atoms with E-state index in [-0.39, 0.29) is 14.9 Å². The molecule has 1 aliphatic heterocycles. The quantitative estimate of drug-likeness (QED) is 0.455. The molecule has 0 saturated carbocycles. The third-order valence-electron chi connectivity index (χ3n) is 4.93. The number of nitrogens with zero attached hydrogens (tertiary/aromatic N) is 3. The Labute approximate surface area is 199 Å². The van der Waals surface area contributed by atoms with Gasteiger partial charge in [-0.3, -0.25) is 0 Å². The van der Waals surface area contributed by atoms with Gasteiger partial charge in [-0.25, -0.2) is 17.8 Å². The molecule has 4 rings (SSSR count). The van der Waals surface area contributed by atoms with Gasteiger partial charge in [0.15, 0.2) is 5.13 Å². The van der Waals surface area contributed by atoms with E-state index in [1.54, 1.807) is 6.07 Å². The number of hydrogen-bond acceptors (Lipinski definition) is 5. The molecule has 1 aromatic heterocycles. The molecule has 0 spiro atoms. The minimum Gasteiger partial charge on any atom is -0.345 e. The summed E-state index contributed by atoms with van der Waals surface area (Å²) >= 11 is 19.2. The molecule has 164 valence electrons. The zero-order valence-electron chi connectivity index (χ0n) is 16.1. The Kier molecular flexibility index (Phi) is 6.76. The standard InChI is InChI=1S/C20H17Cl3FN3O2S2/c21-14-2-4-19(17(23)11-14)31(28,29)27-7-5-26(6-8-27)20-25-15(12-30-20)9-13-1-3-16(22)18(24)10-13/h1-4,10-12H,5-9H2. The molecule has 0 unspecified atom stereocenters. The fraction of sp³-hybridized carbons (Fsp3) is 0.250. The minimum atomic E-state index is -3.71. The predicted molar refractivity (Wildman–Crippen MR) is 124 cm³/mol. The van der Waals surface area contributed by atoms with Crippen LogP contribution in [0, 0.1) is 5.82 Å². The van der Waals surface area contributed by atoms with E-state index in [1.807, 2.05) is 10.3 Å². The van der Waals surface area contributed by atoms with E-state index < -0.39 is 15.8 Å². The average Bonchev–Trinajstić information content (AvgIpc) is 3.19. The number of thiazole rings is 1. The number of halogens is 4. The topological polar surface area (TPSA) is 53.5 Å². The van der Waals surface area contributed by atoms with Crippen molar-refractivity contribution < 1.29 is 12.8 Å². The van der Waals surface area contributed by atoms with Gasteiger partial charge in [0.25, 0.3) is 0 Å². The lowest BCUT2D eigenvalue weighted by atomic mass is 10.1. The maximum Gasteiger partial charge on any atom is 0.244 e. The fourth-order valence-electron chi connectivity index (χ4n) is 3.32. The fourth-order valence-corrected chi connectivity index (χ4v) is 6.49. The molecule has 0 N–H and O–H groups in total. The highest BCUT2D eigenvalue weighted by molar-refractivity contribution is 7.89.